The molecule has 2 nitrogen and oxygen atoms in total. The molecule has 3 fully saturated rings. The molecule has 1 N–H and O–H groups in total. The van der Waals surface area contributed by atoms with Crippen molar-refractivity contribution in [3.63, 3.8) is 0 Å². The number of nitrogens with zero attached hydrogens (tertiary/aromatic N) is 1. The van der Waals surface area contributed by atoms with Gasteiger partial charge in [0.2, 0.25) is 0 Å². The van der Waals surface area contributed by atoms with Crippen LogP contribution in [0.25, 0.3) is 0 Å². The summed E-state index contributed by atoms with van der Waals surface area (Å²) in [5, 5.41) is 9.28. The average molecular weight is 223 g/mol. The van der Waals surface area contributed by atoms with Gasteiger partial charge in [0.15, 0.2) is 0 Å². The van der Waals surface area contributed by atoms with Crippen molar-refractivity contribution in [2.45, 2.75) is 57.5 Å². The lowest BCUT2D eigenvalue weighted by Crippen LogP contribution is -2.58. The minimum absolute atomic E-state index is 0.0260. The molecule has 2 heteroatoms. The van der Waals surface area contributed by atoms with Crippen LogP contribution in [0.2, 0.25) is 0 Å². The predicted molar refractivity (Wildman–Crippen MR) is 65.3 cm³/mol. The van der Waals surface area contributed by atoms with Crippen LogP contribution >= 0.6 is 0 Å². The fraction of sp³-hybridized carbons (Fsp3) is 1.00. The van der Waals surface area contributed by atoms with Crippen LogP contribution < -0.4 is 0 Å². The zero-order valence-corrected chi connectivity index (χ0v) is 10.3. The summed E-state index contributed by atoms with van der Waals surface area (Å²) in [5.41, 5.74) is 0.721. The number of hydrogen-bond acceptors (Lipinski definition) is 2. The van der Waals surface area contributed by atoms with Crippen molar-refractivity contribution < 1.29 is 5.11 Å². The maximum Gasteiger partial charge on any atom is 0.0546 e. The Morgan fingerprint density at radius 1 is 1.00 bits per heavy atom. The topological polar surface area (TPSA) is 23.5 Å². The lowest BCUT2D eigenvalue weighted by molar-refractivity contribution is -0.0493. The van der Waals surface area contributed by atoms with E-state index in [1.54, 1.807) is 0 Å². The number of likely N-dealkylation sites (tertiary alicyclic amines) is 1. The highest BCUT2D eigenvalue weighted by Gasteiger charge is 2.43. The molecule has 3 rings (SSSR count). The van der Waals surface area contributed by atoms with Crippen molar-refractivity contribution in [1.82, 2.24) is 4.90 Å². The van der Waals surface area contributed by atoms with Crippen LogP contribution in [-0.2, 0) is 0 Å². The maximum absolute atomic E-state index is 9.28. The van der Waals surface area contributed by atoms with Gasteiger partial charge in [-0.2, -0.15) is 0 Å². The molecule has 1 spiro atoms. The fourth-order valence-corrected chi connectivity index (χ4v) is 4.04. The normalized spacial score (nSPS) is 38.8. The zero-order valence-electron chi connectivity index (χ0n) is 10.3. The Morgan fingerprint density at radius 3 is 2.19 bits per heavy atom. The first kappa shape index (κ1) is 11.0. The fourth-order valence-electron chi connectivity index (χ4n) is 4.04. The maximum atomic E-state index is 9.28. The number of aliphatic hydroxyl groups is 1. The Hall–Kier alpha value is -0.0800. The molecule has 1 saturated heterocycles. The molecular weight excluding hydrogens is 198 g/mol. The molecule has 3 aliphatic rings. The summed E-state index contributed by atoms with van der Waals surface area (Å²) in [4.78, 5) is 2.64. The Balaban J connectivity index is 1.42. The Labute approximate surface area is 99.0 Å². The molecule has 0 atom stereocenters. The summed E-state index contributed by atoms with van der Waals surface area (Å²) in [6, 6.07) is 0. The standard InChI is InChI=1S/C14H25NO/c16-13-7-12(8-13)9-15-10-14(11-15)5-3-1-2-4-6-14/h12-13,16H,1-11H2. The van der Waals surface area contributed by atoms with Gasteiger partial charge in [0.25, 0.3) is 0 Å². The third kappa shape index (κ3) is 2.14. The highest BCUT2D eigenvalue weighted by atomic mass is 16.3. The second-order valence-electron chi connectivity index (χ2n) is 6.58. The summed E-state index contributed by atoms with van der Waals surface area (Å²) in [5.74, 6) is 0.804. The first-order valence-electron chi connectivity index (χ1n) is 7.16. The molecule has 2 saturated carbocycles. The number of hydrogen-bond donors (Lipinski definition) is 1. The smallest absolute Gasteiger partial charge is 0.0546 e. The lowest BCUT2D eigenvalue weighted by atomic mass is 9.72. The molecular formula is C14H25NO. The molecule has 0 bridgehead atoms. The SMILES string of the molecule is OC1CC(CN2CC3(CCCCCC3)C2)C1. The van der Waals surface area contributed by atoms with Crippen LogP contribution in [0.3, 0.4) is 0 Å². The zero-order chi connectivity index (χ0) is 11.0. The van der Waals surface area contributed by atoms with E-state index in [0.29, 0.717) is 0 Å². The lowest BCUT2D eigenvalue weighted by Gasteiger charge is -2.52. The van der Waals surface area contributed by atoms with E-state index in [0.717, 1.165) is 24.2 Å². The van der Waals surface area contributed by atoms with E-state index >= 15 is 0 Å². The van der Waals surface area contributed by atoms with E-state index in [9.17, 15) is 5.11 Å². The number of rotatable bonds is 2. The van der Waals surface area contributed by atoms with Gasteiger partial charge in [-0.3, -0.25) is 0 Å². The van der Waals surface area contributed by atoms with Gasteiger partial charge < -0.3 is 10.0 Å². The van der Waals surface area contributed by atoms with Crippen molar-refractivity contribution in [3.8, 4) is 0 Å². The van der Waals surface area contributed by atoms with Gasteiger partial charge in [-0.1, -0.05) is 25.7 Å². The third-order valence-corrected chi connectivity index (χ3v) is 5.01. The van der Waals surface area contributed by atoms with Crippen LogP contribution in [0.5, 0.6) is 0 Å². The molecule has 0 unspecified atom stereocenters. The van der Waals surface area contributed by atoms with E-state index in [1.807, 2.05) is 0 Å². The van der Waals surface area contributed by atoms with E-state index < -0.39 is 0 Å². The minimum Gasteiger partial charge on any atom is -0.393 e. The van der Waals surface area contributed by atoms with Crippen LogP contribution in [0.4, 0.5) is 0 Å². The van der Waals surface area contributed by atoms with Crippen molar-refractivity contribution >= 4 is 0 Å². The molecule has 0 aromatic carbocycles. The van der Waals surface area contributed by atoms with Gasteiger partial charge in [-0.05, 0) is 37.0 Å². The molecule has 2 aliphatic carbocycles. The van der Waals surface area contributed by atoms with E-state index in [1.165, 1.54) is 58.2 Å². The van der Waals surface area contributed by atoms with Gasteiger partial charge in [0.05, 0.1) is 6.10 Å². The third-order valence-electron chi connectivity index (χ3n) is 5.01. The quantitative estimate of drug-likeness (QED) is 0.777. The second kappa shape index (κ2) is 4.30. The average Bonchev–Trinajstić information content (AvgIpc) is 2.40. The number of aliphatic hydroxyl groups excluding tert-OH is 1. The first-order valence-corrected chi connectivity index (χ1v) is 7.16. The van der Waals surface area contributed by atoms with Crippen molar-refractivity contribution in [2.75, 3.05) is 19.6 Å². The van der Waals surface area contributed by atoms with Crippen LogP contribution in [0, 0.1) is 11.3 Å². The monoisotopic (exact) mass is 223 g/mol. The summed E-state index contributed by atoms with van der Waals surface area (Å²) >= 11 is 0. The Morgan fingerprint density at radius 2 is 1.62 bits per heavy atom. The van der Waals surface area contributed by atoms with E-state index in [4.69, 9.17) is 0 Å². The van der Waals surface area contributed by atoms with E-state index in [2.05, 4.69) is 4.90 Å². The van der Waals surface area contributed by atoms with Gasteiger partial charge in [0.1, 0.15) is 0 Å². The van der Waals surface area contributed by atoms with Crippen LogP contribution in [0.15, 0.2) is 0 Å². The van der Waals surface area contributed by atoms with Gasteiger partial charge in [0, 0.05) is 19.6 Å². The molecule has 0 aromatic heterocycles. The van der Waals surface area contributed by atoms with Gasteiger partial charge in [-0.25, -0.2) is 0 Å². The van der Waals surface area contributed by atoms with Crippen molar-refractivity contribution in [1.29, 1.82) is 0 Å². The molecule has 16 heavy (non-hydrogen) atoms. The summed E-state index contributed by atoms with van der Waals surface area (Å²) in [6.07, 6.45) is 11.0. The molecule has 1 heterocycles. The van der Waals surface area contributed by atoms with Crippen LogP contribution in [0.1, 0.15) is 51.4 Å². The van der Waals surface area contributed by atoms with Gasteiger partial charge in [-0.15, -0.1) is 0 Å². The summed E-state index contributed by atoms with van der Waals surface area (Å²) in [6.45, 7) is 3.98. The summed E-state index contributed by atoms with van der Waals surface area (Å²) in [7, 11) is 0. The van der Waals surface area contributed by atoms with Gasteiger partial charge >= 0.3 is 0 Å². The first-order chi connectivity index (χ1) is 7.76. The summed E-state index contributed by atoms with van der Waals surface area (Å²) < 4.78 is 0. The minimum atomic E-state index is 0.0260. The Bertz CT molecular complexity index is 231. The van der Waals surface area contributed by atoms with Crippen molar-refractivity contribution in [3.05, 3.63) is 0 Å². The Kier molecular flexibility index (Phi) is 2.97. The predicted octanol–water partition coefficient (Wildman–Crippen LogP) is 2.41. The molecule has 0 aromatic rings. The van der Waals surface area contributed by atoms with Crippen molar-refractivity contribution in [2.24, 2.45) is 11.3 Å². The second-order valence-corrected chi connectivity index (χ2v) is 6.58. The molecule has 0 amide bonds. The van der Waals surface area contributed by atoms with E-state index in [-0.39, 0.29) is 6.10 Å². The molecule has 92 valence electrons. The molecule has 1 aliphatic heterocycles. The highest BCUT2D eigenvalue weighted by Crippen LogP contribution is 2.43. The molecule has 0 radical (unpaired) electrons. The largest absolute Gasteiger partial charge is 0.393 e. The highest BCUT2D eigenvalue weighted by molar-refractivity contribution is 4.97. The van der Waals surface area contributed by atoms with Crippen LogP contribution in [-0.4, -0.2) is 35.7 Å².